The van der Waals surface area contributed by atoms with Crippen LogP contribution in [-0.2, 0) is 4.74 Å². The second kappa shape index (κ2) is 8.73. The predicted molar refractivity (Wildman–Crippen MR) is 118 cm³/mol. The summed E-state index contributed by atoms with van der Waals surface area (Å²) in [5.74, 6) is -0.310. The van der Waals surface area contributed by atoms with Gasteiger partial charge >= 0.3 is 0 Å². The van der Waals surface area contributed by atoms with Gasteiger partial charge in [0.25, 0.3) is 5.91 Å². The highest BCUT2D eigenvalue weighted by Gasteiger charge is 2.51. The van der Waals surface area contributed by atoms with E-state index in [4.69, 9.17) is 4.74 Å². The Balaban J connectivity index is 1.92. The van der Waals surface area contributed by atoms with Gasteiger partial charge in [-0.3, -0.25) is 4.79 Å². The van der Waals surface area contributed by atoms with Crippen LogP contribution in [-0.4, -0.2) is 24.2 Å². The Morgan fingerprint density at radius 3 is 2.23 bits per heavy atom. The van der Waals surface area contributed by atoms with E-state index in [1.165, 1.54) is 0 Å². The lowest BCUT2D eigenvalue weighted by Gasteiger charge is -2.38. The third-order valence-corrected chi connectivity index (χ3v) is 5.88. The second-order valence-corrected chi connectivity index (χ2v) is 7.64. The smallest absolute Gasteiger partial charge is 0.251 e. The fraction of sp³-hybridized carbons (Fsp3) is 0.231. The number of carbonyl (C=O) groups is 1. The summed E-state index contributed by atoms with van der Waals surface area (Å²) >= 11 is 0. The average molecular weight is 412 g/mol. The molecule has 3 aromatic carbocycles. The number of benzene rings is 3. The van der Waals surface area contributed by atoms with Crippen molar-refractivity contribution in [2.75, 3.05) is 13.2 Å². The Bertz CT molecular complexity index is 1120. The SMILES string of the molecule is CCOC[C@@]1(C#N)[C@H](O)c2ccccc2-c2ccccc2[C@H]1NC(=O)c1ccccc1. The van der Waals surface area contributed by atoms with Gasteiger partial charge in [-0.25, -0.2) is 0 Å². The molecule has 0 fully saturated rings. The lowest BCUT2D eigenvalue weighted by molar-refractivity contribution is -0.0298. The molecule has 0 spiro atoms. The van der Waals surface area contributed by atoms with Crippen molar-refractivity contribution < 1.29 is 14.6 Å². The molecule has 5 nitrogen and oxygen atoms in total. The molecule has 31 heavy (non-hydrogen) atoms. The van der Waals surface area contributed by atoms with Gasteiger partial charge in [0, 0.05) is 12.2 Å². The van der Waals surface area contributed by atoms with Crippen molar-refractivity contribution in [3.05, 3.63) is 95.6 Å². The molecule has 2 N–H and O–H groups in total. The van der Waals surface area contributed by atoms with E-state index in [0.29, 0.717) is 17.7 Å². The van der Waals surface area contributed by atoms with Crippen molar-refractivity contribution in [2.45, 2.75) is 19.1 Å². The molecule has 0 aliphatic heterocycles. The molecule has 3 atom stereocenters. The van der Waals surface area contributed by atoms with Crippen LogP contribution in [0.2, 0.25) is 0 Å². The second-order valence-electron chi connectivity index (χ2n) is 7.64. The highest BCUT2D eigenvalue weighted by Crippen LogP contribution is 2.52. The van der Waals surface area contributed by atoms with Crippen molar-refractivity contribution in [1.82, 2.24) is 5.32 Å². The van der Waals surface area contributed by atoms with Crippen molar-refractivity contribution in [3.8, 4) is 17.2 Å². The molecule has 0 radical (unpaired) electrons. The molecular formula is C26H24N2O3. The molecule has 1 aliphatic carbocycles. The van der Waals surface area contributed by atoms with Gasteiger partial charge in [-0.2, -0.15) is 5.26 Å². The van der Waals surface area contributed by atoms with Gasteiger partial charge < -0.3 is 15.2 Å². The summed E-state index contributed by atoms with van der Waals surface area (Å²) < 4.78 is 5.71. The predicted octanol–water partition coefficient (Wildman–Crippen LogP) is 4.42. The van der Waals surface area contributed by atoms with Crippen LogP contribution in [0.4, 0.5) is 0 Å². The van der Waals surface area contributed by atoms with E-state index in [0.717, 1.165) is 16.7 Å². The molecule has 0 saturated carbocycles. The van der Waals surface area contributed by atoms with Crippen LogP contribution in [0.1, 0.15) is 40.6 Å². The molecule has 0 aromatic heterocycles. The first kappa shape index (κ1) is 20.8. The molecule has 1 amide bonds. The quantitative estimate of drug-likeness (QED) is 0.650. The van der Waals surface area contributed by atoms with E-state index in [9.17, 15) is 15.2 Å². The summed E-state index contributed by atoms with van der Waals surface area (Å²) in [7, 11) is 0. The molecule has 0 unspecified atom stereocenters. The molecule has 156 valence electrons. The van der Waals surface area contributed by atoms with Crippen molar-refractivity contribution >= 4 is 5.91 Å². The Kier molecular flexibility index (Phi) is 5.85. The van der Waals surface area contributed by atoms with E-state index in [1.54, 1.807) is 24.3 Å². The summed E-state index contributed by atoms with van der Waals surface area (Å²) in [4.78, 5) is 13.1. The number of fused-ring (bicyclic) bond motifs is 3. The number of ether oxygens (including phenoxy) is 1. The maximum Gasteiger partial charge on any atom is 0.251 e. The summed E-state index contributed by atoms with van der Waals surface area (Å²) in [6.07, 6.45) is -1.16. The minimum atomic E-state index is -1.41. The summed E-state index contributed by atoms with van der Waals surface area (Å²) in [5.41, 5.74) is 2.22. The maximum absolute atomic E-state index is 13.1. The summed E-state index contributed by atoms with van der Waals surface area (Å²) in [6, 6.07) is 25.6. The highest BCUT2D eigenvalue weighted by molar-refractivity contribution is 5.94. The van der Waals surface area contributed by atoms with E-state index < -0.39 is 17.6 Å². The number of nitriles is 1. The fourth-order valence-corrected chi connectivity index (χ4v) is 4.29. The number of hydrogen-bond donors (Lipinski definition) is 2. The fourth-order valence-electron chi connectivity index (χ4n) is 4.29. The standard InChI is InChI=1S/C26H24N2O3/c1-2-31-17-26(16-27)23(28-25(30)18-10-4-3-5-11-18)21-14-8-6-12-19(21)20-13-7-9-15-22(20)24(26)29/h3-15,23-24,29H,2,17H2,1H3,(H,28,30)/t23-,24-,26-/m1/s1. The van der Waals surface area contributed by atoms with Crippen LogP contribution in [0.3, 0.4) is 0 Å². The number of hydrogen-bond acceptors (Lipinski definition) is 4. The van der Waals surface area contributed by atoms with E-state index in [1.807, 2.05) is 61.5 Å². The number of nitrogens with one attached hydrogen (secondary N) is 1. The normalized spacial score (nSPS) is 21.8. The number of carbonyl (C=O) groups excluding carboxylic acids is 1. The Hall–Kier alpha value is -3.46. The first-order valence-corrected chi connectivity index (χ1v) is 10.3. The molecular weight excluding hydrogens is 388 g/mol. The summed E-state index contributed by atoms with van der Waals surface area (Å²) in [6.45, 7) is 2.20. The zero-order valence-corrected chi connectivity index (χ0v) is 17.3. The average Bonchev–Trinajstić information content (AvgIpc) is 2.91. The van der Waals surface area contributed by atoms with Gasteiger partial charge in [0.1, 0.15) is 11.5 Å². The van der Waals surface area contributed by atoms with Crippen LogP contribution in [0, 0.1) is 16.7 Å². The zero-order valence-electron chi connectivity index (χ0n) is 17.3. The van der Waals surface area contributed by atoms with Crippen LogP contribution >= 0.6 is 0 Å². The van der Waals surface area contributed by atoms with Gasteiger partial charge in [0.05, 0.1) is 18.7 Å². The van der Waals surface area contributed by atoms with Crippen LogP contribution in [0.25, 0.3) is 11.1 Å². The number of aliphatic hydroxyl groups excluding tert-OH is 1. The molecule has 0 heterocycles. The van der Waals surface area contributed by atoms with Crippen molar-refractivity contribution in [3.63, 3.8) is 0 Å². The molecule has 1 aliphatic rings. The largest absolute Gasteiger partial charge is 0.387 e. The first-order chi connectivity index (χ1) is 15.1. The highest BCUT2D eigenvalue weighted by atomic mass is 16.5. The van der Waals surface area contributed by atoms with Crippen LogP contribution in [0.15, 0.2) is 78.9 Å². The van der Waals surface area contributed by atoms with Gasteiger partial charge in [-0.1, -0.05) is 66.7 Å². The Labute approximate surface area is 181 Å². The molecule has 3 aromatic rings. The Morgan fingerprint density at radius 2 is 1.58 bits per heavy atom. The van der Waals surface area contributed by atoms with Crippen molar-refractivity contribution in [1.29, 1.82) is 5.26 Å². The van der Waals surface area contributed by atoms with E-state index in [-0.39, 0.29) is 12.5 Å². The van der Waals surface area contributed by atoms with E-state index >= 15 is 0 Å². The molecule has 0 bridgehead atoms. The third kappa shape index (κ3) is 3.61. The Morgan fingerprint density at radius 1 is 1.00 bits per heavy atom. The zero-order chi connectivity index (χ0) is 21.8. The van der Waals surface area contributed by atoms with Gasteiger partial charge in [-0.15, -0.1) is 0 Å². The first-order valence-electron chi connectivity index (χ1n) is 10.3. The minimum absolute atomic E-state index is 0.0242. The number of rotatable bonds is 5. The minimum Gasteiger partial charge on any atom is -0.387 e. The maximum atomic E-state index is 13.1. The number of amides is 1. The summed E-state index contributed by atoms with van der Waals surface area (Å²) in [5, 5.41) is 25.0. The van der Waals surface area contributed by atoms with Gasteiger partial charge in [0.15, 0.2) is 0 Å². The number of nitrogens with zero attached hydrogens (tertiary/aromatic N) is 1. The lowest BCUT2D eigenvalue weighted by atomic mass is 9.73. The monoisotopic (exact) mass is 412 g/mol. The van der Waals surface area contributed by atoms with Gasteiger partial charge in [0.2, 0.25) is 0 Å². The lowest BCUT2D eigenvalue weighted by Crippen LogP contribution is -2.46. The topological polar surface area (TPSA) is 82.3 Å². The van der Waals surface area contributed by atoms with Crippen LogP contribution in [0.5, 0.6) is 0 Å². The van der Waals surface area contributed by atoms with Gasteiger partial charge in [-0.05, 0) is 41.3 Å². The van der Waals surface area contributed by atoms with E-state index in [2.05, 4.69) is 11.4 Å². The molecule has 5 heteroatoms. The molecule has 4 rings (SSSR count). The van der Waals surface area contributed by atoms with Crippen LogP contribution < -0.4 is 5.32 Å². The van der Waals surface area contributed by atoms with Crippen molar-refractivity contribution in [2.24, 2.45) is 5.41 Å². The molecule has 0 saturated heterocycles. The number of aliphatic hydroxyl groups is 1. The third-order valence-electron chi connectivity index (χ3n) is 5.88.